The van der Waals surface area contributed by atoms with E-state index in [0.717, 1.165) is 142 Å². The summed E-state index contributed by atoms with van der Waals surface area (Å²) in [5, 5.41) is 35.8. The predicted molar refractivity (Wildman–Crippen MR) is 616 cm³/mol. The van der Waals surface area contributed by atoms with Crippen molar-refractivity contribution < 1.29 is 0 Å². The van der Waals surface area contributed by atoms with E-state index in [9.17, 15) is 0 Å². The minimum Gasteiger partial charge on any atom is -0.344 e. The van der Waals surface area contributed by atoms with Gasteiger partial charge in [0.15, 0.2) is 0 Å². The van der Waals surface area contributed by atoms with Gasteiger partial charge in [0.05, 0.1) is 48.8 Å². The first-order chi connectivity index (χ1) is 69.2. The van der Waals surface area contributed by atoms with Crippen molar-refractivity contribution in [2.75, 3.05) is 0 Å². The average Bonchev–Trinajstić information content (AvgIpc) is 1.54. The lowest BCUT2D eigenvalue weighted by atomic mass is 9.94. The lowest BCUT2D eigenvalue weighted by Crippen LogP contribution is -2.03. The van der Waals surface area contributed by atoms with Crippen LogP contribution in [0.4, 0.5) is 0 Å². The molecule has 25 aromatic rings. The Hall–Kier alpha value is -13.5. The number of rotatable bonds is 8. The first-order valence-electron chi connectivity index (χ1n) is 52.1. The molecule has 0 aliphatic heterocycles. The largest absolute Gasteiger partial charge is 0.344 e. The quantitative estimate of drug-likeness (QED) is 0.145. The molecule has 12 heterocycles. The molecule has 0 unspecified atom stereocenters. The van der Waals surface area contributed by atoms with Crippen LogP contribution < -0.4 is 0 Å². The lowest BCUT2D eigenvalue weighted by molar-refractivity contribution is 0.730. The van der Waals surface area contributed by atoms with Gasteiger partial charge in [-0.1, -0.05) is 164 Å². The molecule has 12 heteroatoms. The molecule has 0 amide bonds. The summed E-state index contributed by atoms with van der Waals surface area (Å²) in [7, 11) is 0. The summed E-state index contributed by atoms with van der Waals surface area (Å²) < 4.78 is 31.9. The van der Waals surface area contributed by atoms with Gasteiger partial charge in [0, 0.05) is 249 Å². The van der Waals surface area contributed by atoms with Gasteiger partial charge in [-0.15, -0.1) is 45.3 Å². The Morgan fingerprint density at radius 2 is 0.514 bits per heavy atom. The molecular formula is C128H110N8S4. The highest BCUT2D eigenvalue weighted by Crippen LogP contribution is 2.56. The summed E-state index contributed by atoms with van der Waals surface area (Å²) in [5.74, 6) is 0. The lowest BCUT2D eigenvalue weighted by Gasteiger charge is -2.11. The van der Waals surface area contributed by atoms with Crippen LogP contribution >= 0.6 is 45.3 Å². The van der Waals surface area contributed by atoms with Crippen LogP contribution in [0.1, 0.15) is 179 Å². The van der Waals surface area contributed by atoms with Crippen molar-refractivity contribution in [3.63, 3.8) is 0 Å². The standard InChI is InChI=1S/2C32H28N2S.C32H26N2S.C32H28N2S/c1-3-33-25-15-9-7-11-19(25)23-17-24-28(18-27(23)33)35-32-21-13-6-5-12-20(21)31-29(30(24)32)22-14-8-10-16-26(22)34(31)4-2;1-3-33-25-15-9-7-11-19(25)23-17-24-28(18-27(23)33)35-32-29(24)20-12-5-6-13-21(20)31-30(32)22-14-8-10-16-26(22)34(31)4-2;1-3-33-25-15-9-7-11-19(25)23-17-24-28(18-27(23)33)35-32-21-13-6-5-12-20(21)29-22-14-8-10-16-26(22)34(4-2)31(29)30(24)32;1-3-33-25-15-9-7-11-19(25)23-17-24-28(18-27(23)33)35-32-30(24)21-13-6-5-12-20(21)29-22-14-8-10-16-26(22)34(4-2)31(29)32/h5-6,8-9,12-15,17-18H,3-4,7,10-11,16H2,1-2H3;5-6,9-10,12-13,15-18H,3-4,7-8,11,14H2,1-2H3;5-6,8-10,12-18H,3-4,7,11H2,1-2H3;5-6,9-10,12-13,15-18H,3-4,7-8,11,14H2,1-2H3. The number of fused-ring (bicyclic) bond motifs is 52. The third-order valence-corrected chi connectivity index (χ3v) is 38.1. The van der Waals surface area contributed by atoms with E-state index in [1.54, 1.807) is 11.1 Å². The first-order valence-corrected chi connectivity index (χ1v) is 55.4. The van der Waals surface area contributed by atoms with Gasteiger partial charge in [0.2, 0.25) is 0 Å². The number of hydrogen-bond acceptors (Lipinski definition) is 4. The first kappa shape index (κ1) is 83.5. The molecule has 140 heavy (non-hydrogen) atoms. The Bertz CT molecular complexity index is 9850. The molecule has 0 N–H and O–H groups in total. The fourth-order valence-electron chi connectivity index (χ4n) is 27.8. The highest BCUT2D eigenvalue weighted by Gasteiger charge is 2.33. The molecule has 0 saturated heterocycles. The van der Waals surface area contributed by atoms with Gasteiger partial charge in [-0.25, -0.2) is 0 Å². The van der Waals surface area contributed by atoms with Crippen LogP contribution in [-0.2, 0) is 97.3 Å². The van der Waals surface area contributed by atoms with Gasteiger partial charge in [0.25, 0.3) is 0 Å². The van der Waals surface area contributed by atoms with Crippen molar-refractivity contribution in [1.82, 2.24) is 36.5 Å². The summed E-state index contributed by atoms with van der Waals surface area (Å²) >= 11 is 7.98. The maximum absolute atomic E-state index is 2.61. The van der Waals surface area contributed by atoms with Crippen LogP contribution in [0.5, 0.6) is 0 Å². The molecule has 32 rings (SSSR count). The second-order valence-electron chi connectivity index (χ2n) is 39.9. The zero-order valence-electron chi connectivity index (χ0n) is 81.0. The Morgan fingerprint density at radius 1 is 0.200 bits per heavy atom. The van der Waals surface area contributed by atoms with Crippen LogP contribution in [0.15, 0.2) is 212 Å². The van der Waals surface area contributed by atoms with Crippen molar-refractivity contribution >= 4 is 310 Å². The Labute approximate surface area is 828 Å². The van der Waals surface area contributed by atoms with Crippen molar-refractivity contribution in [1.29, 1.82) is 0 Å². The fraction of sp³-hybridized carbons (Fsp3) is 0.234. The van der Waals surface area contributed by atoms with E-state index in [2.05, 4.69) is 347 Å². The number of aromatic nitrogens is 8. The van der Waals surface area contributed by atoms with E-state index >= 15 is 0 Å². The molecule has 12 aromatic heterocycles. The molecule has 0 spiro atoms. The normalized spacial score (nSPS) is 14.9. The zero-order valence-corrected chi connectivity index (χ0v) is 84.3. The molecule has 0 radical (unpaired) electrons. The summed E-state index contributed by atoms with van der Waals surface area (Å²) in [5.41, 5.74) is 33.4. The van der Waals surface area contributed by atoms with E-state index < -0.39 is 0 Å². The third kappa shape index (κ3) is 11.5. The molecule has 7 aliphatic rings. The van der Waals surface area contributed by atoms with Gasteiger partial charge in [0.1, 0.15) is 0 Å². The van der Waals surface area contributed by atoms with Gasteiger partial charge in [-0.2, -0.15) is 0 Å². The van der Waals surface area contributed by atoms with E-state index in [0.29, 0.717) is 0 Å². The number of aryl methyl sites for hydroxylation is 14. The van der Waals surface area contributed by atoms with Crippen LogP contribution in [0, 0.1) is 0 Å². The molecule has 686 valence electrons. The van der Waals surface area contributed by atoms with E-state index in [1.165, 1.54) is 290 Å². The highest BCUT2D eigenvalue weighted by molar-refractivity contribution is 7.28. The van der Waals surface area contributed by atoms with Gasteiger partial charge < -0.3 is 36.5 Å². The molecule has 0 bridgehead atoms. The maximum Gasteiger partial charge on any atom is 0.0676 e. The number of hydrogen-bond donors (Lipinski definition) is 0. The van der Waals surface area contributed by atoms with Gasteiger partial charge in [-0.3, -0.25) is 0 Å². The SMILES string of the molecule is CCn1c2c(c3cc4c(cc31)sc1c3c5c(n(CC)c3c3ccccc3c41)C=CCC5)CCC=C2.CCn1c2c(c3cc4c(cc31)sc1c3ccccc3c3c(c5c(n3CC)CCC=C5)c41)CCC=C2.CCn1c2c(c3cc4c(cc31)sc1c3ccccc3c3c5ccccc5n(CC)c3c41)CCC=C2.CCn1c2c(c3cc4c(cc31)sc1c4c3ccccc3c3c4c(n(CC)c13)C=CCC4)CCC=C2. The topological polar surface area (TPSA) is 39.4 Å². The Kier molecular flexibility index (Phi) is 19.1. The van der Waals surface area contributed by atoms with E-state index in [1.807, 2.05) is 45.3 Å². The second-order valence-corrected chi connectivity index (χ2v) is 44.1. The Balaban J connectivity index is 0.0000000896. The fourth-order valence-corrected chi connectivity index (χ4v) is 32.9. The summed E-state index contributed by atoms with van der Waals surface area (Å²) in [6.45, 7) is 26.3. The smallest absolute Gasteiger partial charge is 0.0676 e. The number of benzene rings is 13. The molecule has 0 saturated carbocycles. The van der Waals surface area contributed by atoms with Crippen molar-refractivity contribution in [2.24, 2.45) is 0 Å². The van der Waals surface area contributed by atoms with Gasteiger partial charge >= 0.3 is 0 Å². The summed E-state index contributed by atoms with van der Waals surface area (Å²) in [4.78, 5) is 0. The highest BCUT2D eigenvalue weighted by atomic mass is 32.1. The van der Waals surface area contributed by atoms with Crippen molar-refractivity contribution in [2.45, 2.75) is 198 Å². The van der Waals surface area contributed by atoms with Crippen LogP contribution in [-0.4, -0.2) is 36.5 Å². The van der Waals surface area contributed by atoms with E-state index in [-0.39, 0.29) is 0 Å². The second kappa shape index (κ2) is 32.0. The van der Waals surface area contributed by atoms with Crippen molar-refractivity contribution in [3.05, 3.63) is 291 Å². The van der Waals surface area contributed by atoms with Crippen molar-refractivity contribution in [3.8, 4) is 0 Å². The molecule has 0 fully saturated rings. The van der Waals surface area contributed by atoms with Crippen LogP contribution in [0.2, 0.25) is 0 Å². The van der Waals surface area contributed by atoms with Crippen LogP contribution in [0.25, 0.3) is 264 Å². The summed E-state index contributed by atoms with van der Waals surface area (Å²) in [6, 6.07) is 65.5. The molecule has 13 aromatic carbocycles. The number of allylic oxidation sites excluding steroid dienone is 7. The third-order valence-electron chi connectivity index (χ3n) is 33.4. The molecule has 0 atom stereocenters. The zero-order chi connectivity index (χ0) is 93.0. The predicted octanol–water partition coefficient (Wildman–Crippen LogP) is 36.5. The number of nitrogens with zero attached hydrogens (tertiary/aromatic N) is 8. The Morgan fingerprint density at radius 3 is 0.979 bits per heavy atom. The minimum atomic E-state index is 0.962. The van der Waals surface area contributed by atoms with Crippen LogP contribution in [0.3, 0.4) is 0 Å². The van der Waals surface area contributed by atoms with E-state index in [4.69, 9.17) is 0 Å². The average molecular weight is 1890 g/mol. The summed E-state index contributed by atoms with van der Waals surface area (Å²) in [6.07, 6.45) is 48.9. The van der Waals surface area contributed by atoms with Gasteiger partial charge in [-0.05, 0) is 291 Å². The monoisotopic (exact) mass is 1890 g/mol. The molecule has 8 nitrogen and oxygen atoms in total. The maximum atomic E-state index is 2.61. The molecule has 7 aliphatic carbocycles. The minimum absolute atomic E-state index is 0.962. The number of para-hydroxylation sites is 1. The molecular weight excluding hydrogens is 1780 g/mol. The number of thiophene rings is 4.